The summed E-state index contributed by atoms with van der Waals surface area (Å²) in [5.41, 5.74) is 1.90. The van der Waals surface area contributed by atoms with E-state index in [0.29, 0.717) is 6.54 Å². The Balaban J connectivity index is 1.72. The van der Waals surface area contributed by atoms with Crippen molar-refractivity contribution in [3.63, 3.8) is 0 Å². The van der Waals surface area contributed by atoms with Gasteiger partial charge in [0, 0.05) is 18.3 Å². The van der Waals surface area contributed by atoms with E-state index in [1.165, 1.54) is 0 Å². The SMILES string of the molecule is C#CCOc1ccccc1CNC(C)c1nnc2ccccn12. The van der Waals surface area contributed by atoms with Crippen LogP contribution in [0.25, 0.3) is 5.65 Å². The Morgan fingerprint density at radius 2 is 2.04 bits per heavy atom. The molecule has 0 bridgehead atoms. The van der Waals surface area contributed by atoms with Crippen LogP contribution in [0.15, 0.2) is 48.7 Å². The topological polar surface area (TPSA) is 51.5 Å². The Kier molecular flexibility index (Phi) is 4.55. The second-order valence-corrected chi connectivity index (χ2v) is 5.19. The first-order valence-electron chi connectivity index (χ1n) is 7.47. The highest BCUT2D eigenvalue weighted by Crippen LogP contribution is 2.19. The molecule has 0 amide bonds. The van der Waals surface area contributed by atoms with Crippen molar-refractivity contribution in [1.29, 1.82) is 0 Å². The zero-order valence-electron chi connectivity index (χ0n) is 12.9. The van der Waals surface area contributed by atoms with E-state index in [-0.39, 0.29) is 12.6 Å². The van der Waals surface area contributed by atoms with Crippen LogP contribution in [-0.2, 0) is 6.54 Å². The molecule has 0 aliphatic heterocycles. The molecule has 1 aromatic carbocycles. The maximum atomic E-state index is 5.57. The molecule has 116 valence electrons. The molecule has 1 N–H and O–H groups in total. The maximum absolute atomic E-state index is 5.57. The van der Waals surface area contributed by atoms with Crippen LogP contribution in [0.5, 0.6) is 5.75 Å². The average Bonchev–Trinajstić information content (AvgIpc) is 3.02. The summed E-state index contributed by atoms with van der Waals surface area (Å²) in [5, 5.41) is 11.9. The highest BCUT2D eigenvalue weighted by atomic mass is 16.5. The molecule has 0 aliphatic carbocycles. The molecule has 2 heterocycles. The number of rotatable bonds is 6. The van der Waals surface area contributed by atoms with Gasteiger partial charge in [-0.15, -0.1) is 16.6 Å². The number of nitrogens with zero attached hydrogens (tertiary/aromatic N) is 3. The molecule has 1 unspecified atom stereocenters. The summed E-state index contributed by atoms with van der Waals surface area (Å²) in [4.78, 5) is 0. The zero-order chi connectivity index (χ0) is 16.1. The second-order valence-electron chi connectivity index (χ2n) is 5.19. The summed E-state index contributed by atoms with van der Waals surface area (Å²) in [7, 11) is 0. The van der Waals surface area contributed by atoms with Gasteiger partial charge in [0.25, 0.3) is 0 Å². The van der Waals surface area contributed by atoms with Gasteiger partial charge in [0.2, 0.25) is 0 Å². The van der Waals surface area contributed by atoms with Crippen molar-refractivity contribution in [3.8, 4) is 18.1 Å². The minimum Gasteiger partial charge on any atom is -0.481 e. The van der Waals surface area contributed by atoms with Gasteiger partial charge in [-0.05, 0) is 25.1 Å². The summed E-state index contributed by atoms with van der Waals surface area (Å²) >= 11 is 0. The van der Waals surface area contributed by atoms with E-state index in [1.807, 2.05) is 53.1 Å². The third-order valence-electron chi connectivity index (χ3n) is 3.61. The zero-order valence-corrected chi connectivity index (χ0v) is 12.9. The Morgan fingerprint density at radius 1 is 1.22 bits per heavy atom. The smallest absolute Gasteiger partial charge is 0.160 e. The number of hydrogen-bond acceptors (Lipinski definition) is 4. The Hall–Kier alpha value is -2.84. The van der Waals surface area contributed by atoms with E-state index < -0.39 is 0 Å². The van der Waals surface area contributed by atoms with Crippen molar-refractivity contribution in [2.24, 2.45) is 0 Å². The number of ether oxygens (including phenoxy) is 1. The van der Waals surface area contributed by atoms with E-state index >= 15 is 0 Å². The van der Waals surface area contributed by atoms with Crippen LogP contribution in [-0.4, -0.2) is 21.2 Å². The summed E-state index contributed by atoms with van der Waals surface area (Å²) in [6, 6.07) is 13.8. The summed E-state index contributed by atoms with van der Waals surface area (Å²) in [6.07, 6.45) is 7.22. The Morgan fingerprint density at radius 3 is 2.91 bits per heavy atom. The monoisotopic (exact) mass is 306 g/mol. The van der Waals surface area contributed by atoms with Crippen molar-refractivity contribution in [2.45, 2.75) is 19.5 Å². The molecule has 3 aromatic rings. The maximum Gasteiger partial charge on any atom is 0.160 e. The summed E-state index contributed by atoms with van der Waals surface area (Å²) < 4.78 is 7.55. The molecular formula is C18H18N4O. The van der Waals surface area contributed by atoms with Crippen molar-refractivity contribution in [1.82, 2.24) is 19.9 Å². The predicted molar refractivity (Wildman–Crippen MR) is 89.0 cm³/mol. The largest absolute Gasteiger partial charge is 0.481 e. The molecule has 2 aromatic heterocycles. The van der Waals surface area contributed by atoms with Crippen LogP contribution < -0.4 is 10.1 Å². The quantitative estimate of drug-likeness (QED) is 0.711. The number of fused-ring (bicyclic) bond motifs is 1. The van der Waals surface area contributed by atoms with E-state index in [2.05, 4.69) is 28.4 Å². The van der Waals surface area contributed by atoms with E-state index in [1.54, 1.807) is 0 Å². The van der Waals surface area contributed by atoms with E-state index in [4.69, 9.17) is 11.2 Å². The van der Waals surface area contributed by atoms with Crippen LogP contribution in [0.3, 0.4) is 0 Å². The minimum atomic E-state index is 0.0492. The number of hydrogen-bond donors (Lipinski definition) is 1. The van der Waals surface area contributed by atoms with Gasteiger partial charge < -0.3 is 10.1 Å². The molecule has 3 rings (SSSR count). The highest BCUT2D eigenvalue weighted by molar-refractivity contribution is 5.37. The number of benzene rings is 1. The average molecular weight is 306 g/mol. The van der Waals surface area contributed by atoms with Crippen molar-refractivity contribution < 1.29 is 4.74 Å². The van der Waals surface area contributed by atoms with Crippen LogP contribution in [0, 0.1) is 12.3 Å². The molecule has 0 spiro atoms. The summed E-state index contributed by atoms with van der Waals surface area (Å²) in [5.74, 6) is 4.17. The van der Waals surface area contributed by atoms with Crippen LogP contribution in [0.2, 0.25) is 0 Å². The number of aromatic nitrogens is 3. The molecule has 0 radical (unpaired) electrons. The van der Waals surface area contributed by atoms with Gasteiger partial charge in [-0.1, -0.05) is 30.2 Å². The molecule has 5 nitrogen and oxygen atoms in total. The lowest BCUT2D eigenvalue weighted by Crippen LogP contribution is -2.20. The fourth-order valence-corrected chi connectivity index (χ4v) is 2.42. The minimum absolute atomic E-state index is 0.0492. The van der Waals surface area contributed by atoms with Crippen molar-refractivity contribution >= 4 is 5.65 Å². The van der Waals surface area contributed by atoms with Gasteiger partial charge in [-0.3, -0.25) is 4.40 Å². The molecule has 0 saturated heterocycles. The van der Waals surface area contributed by atoms with Gasteiger partial charge in [0.15, 0.2) is 11.5 Å². The second kappa shape index (κ2) is 6.95. The first-order valence-corrected chi connectivity index (χ1v) is 7.47. The highest BCUT2D eigenvalue weighted by Gasteiger charge is 2.13. The Labute approximate surface area is 135 Å². The van der Waals surface area contributed by atoms with E-state index in [9.17, 15) is 0 Å². The first-order chi connectivity index (χ1) is 11.3. The van der Waals surface area contributed by atoms with Gasteiger partial charge in [0.05, 0.1) is 6.04 Å². The predicted octanol–water partition coefficient (Wildman–Crippen LogP) is 2.59. The molecule has 0 aliphatic rings. The number of pyridine rings is 1. The fraction of sp³-hybridized carbons (Fsp3) is 0.222. The molecule has 23 heavy (non-hydrogen) atoms. The molecule has 5 heteroatoms. The lowest BCUT2D eigenvalue weighted by molar-refractivity contribution is 0.363. The molecule has 0 saturated carbocycles. The fourth-order valence-electron chi connectivity index (χ4n) is 2.42. The van der Waals surface area contributed by atoms with Gasteiger partial charge >= 0.3 is 0 Å². The third kappa shape index (κ3) is 3.33. The van der Waals surface area contributed by atoms with Gasteiger partial charge in [-0.2, -0.15) is 0 Å². The third-order valence-corrected chi connectivity index (χ3v) is 3.61. The van der Waals surface area contributed by atoms with Crippen molar-refractivity contribution in [3.05, 3.63) is 60.0 Å². The normalized spacial score (nSPS) is 12.0. The van der Waals surface area contributed by atoms with Crippen LogP contribution >= 0.6 is 0 Å². The van der Waals surface area contributed by atoms with Crippen LogP contribution in [0.1, 0.15) is 24.4 Å². The lowest BCUT2D eigenvalue weighted by Gasteiger charge is -2.14. The van der Waals surface area contributed by atoms with Gasteiger partial charge in [0.1, 0.15) is 12.4 Å². The Bertz CT molecular complexity index is 834. The standard InChI is InChI=1S/C18H18N4O/c1-3-12-23-16-9-5-4-8-15(16)13-19-14(2)18-21-20-17-10-6-7-11-22(17)18/h1,4-11,14,19H,12-13H2,2H3. The number of terminal acetylenes is 1. The molecule has 1 atom stereocenters. The molecule has 0 fully saturated rings. The number of para-hydroxylation sites is 1. The van der Waals surface area contributed by atoms with Crippen LogP contribution in [0.4, 0.5) is 0 Å². The number of nitrogens with one attached hydrogen (secondary N) is 1. The van der Waals surface area contributed by atoms with Gasteiger partial charge in [-0.25, -0.2) is 0 Å². The summed E-state index contributed by atoms with van der Waals surface area (Å²) in [6.45, 7) is 2.99. The molecular weight excluding hydrogens is 288 g/mol. The van der Waals surface area contributed by atoms with E-state index in [0.717, 1.165) is 22.8 Å². The van der Waals surface area contributed by atoms with Crippen molar-refractivity contribution in [2.75, 3.05) is 6.61 Å². The first kappa shape index (κ1) is 15.1. The lowest BCUT2D eigenvalue weighted by atomic mass is 10.2.